The van der Waals surface area contributed by atoms with E-state index < -0.39 is 8.07 Å². The van der Waals surface area contributed by atoms with Gasteiger partial charge in [0.25, 0.3) is 0 Å². The SMILES string of the molecule is C[Si]1(C)c2ccccc2-c2cc3c(cc21)[nH]c1ccccc13. The molecule has 5 rings (SSSR count). The maximum Gasteiger partial charge on any atom is 0.113 e. The predicted molar refractivity (Wildman–Crippen MR) is 98.0 cm³/mol. The van der Waals surface area contributed by atoms with Crippen LogP contribution in [0.3, 0.4) is 0 Å². The van der Waals surface area contributed by atoms with E-state index in [0.717, 1.165) is 0 Å². The highest BCUT2D eigenvalue weighted by molar-refractivity contribution is 7.03. The third-order valence-electron chi connectivity index (χ3n) is 5.21. The molecule has 1 nitrogen and oxygen atoms in total. The summed E-state index contributed by atoms with van der Waals surface area (Å²) in [5.41, 5.74) is 5.40. The number of aromatic amines is 1. The van der Waals surface area contributed by atoms with Crippen molar-refractivity contribution in [3.05, 3.63) is 60.7 Å². The summed E-state index contributed by atoms with van der Waals surface area (Å²) >= 11 is 0. The fraction of sp³-hybridized carbons (Fsp3) is 0.100. The summed E-state index contributed by atoms with van der Waals surface area (Å²) in [6, 6.07) is 22.4. The number of para-hydroxylation sites is 1. The first-order valence-electron chi connectivity index (χ1n) is 7.81. The first-order valence-corrected chi connectivity index (χ1v) is 10.8. The molecule has 0 atom stereocenters. The fourth-order valence-electron chi connectivity index (χ4n) is 4.05. The molecule has 22 heavy (non-hydrogen) atoms. The van der Waals surface area contributed by atoms with Crippen molar-refractivity contribution in [2.75, 3.05) is 0 Å². The molecule has 3 aromatic carbocycles. The van der Waals surface area contributed by atoms with Gasteiger partial charge in [-0.1, -0.05) is 55.6 Å². The van der Waals surface area contributed by atoms with Crippen LogP contribution in [0.5, 0.6) is 0 Å². The average Bonchev–Trinajstić information content (AvgIpc) is 3.00. The molecule has 0 saturated heterocycles. The Balaban J connectivity index is 1.95. The minimum Gasteiger partial charge on any atom is -0.355 e. The van der Waals surface area contributed by atoms with Gasteiger partial charge in [-0.2, -0.15) is 0 Å². The van der Waals surface area contributed by atoms with Crippen LogP contribution < -0.4 is 10.4 Å². The summed E-state index contributed by atoms with van der Waals surface area (Å²) in [4.78, 5) is 3.59. The number of H-pyrrole nitrogens is 1. The quantitative estimate of drug-likeness (QED) is 0.470. The van der Waals surface area contributed by atoms with E-state index in [1.807, 2.05) is 0 Å². The Morgan fingerprint density at radius 1 is 0.682 bits per heavy atom. The Morgan fingerprint density at radius 2 is 1.45 bits per heavy atom. The number of nitrogens with one attached hydrogen (secondary N) is 1. The Bertz CT molecular complexity index is 1060. The van der Waals surface area contributed by atoms with Crippen LogP contribution in [0.4, 0.5) is 0 Å². The Kier molecular flexibility index (Phi) is 2.17. The van der Waals surface area contributed by atoms with Gasteiger partial charge < -0.3 is 4.98 Å². The fourth-order valence-corrected chi connectivity index (χ4v) is 7.13. The predicted octanol–water partition coefficient (Wildman–Crippen LogP) is 4.12. The first kappa shape index (κ1) is 12.2. The number of rotatable bonds is 0. The van der Waals surface area contributed by atoms with E-state index in [1.54, 1.807) is 10.4 Å². The number of hydrogen-bond acceptors (Lipinski definition) is 0. The third-order valence-corrected chi connectivity index (χ3v) is 8.75. The zero-order valence-electron chi connectivity index (χ0n) is 12.8. The summed E-state index contributed by atoms with van der Waals surface area (Å²) in [6.45, 7) is 4.93. The van der Waals surface area contributed by atoms with Crippen LogP contribution in [0.1, 0.15) is 0 Å². The van der Waals surface area contributed by atoms with Gasteiger partial charge in [0.1, 0.15) is 8.07 Å². The van der Waals surface area contributed by atoms with E-state index >= 15 is 0 Å². The molecule has 1 N–H and O–H groups in total. The number of aromatic nitrogens is 1. The van der Waals surface area contributed by atoms with Crippen LogP contribution in [0.25, 0.3) is 32.9 Å². The second-order valence-electron chi connectivity index (χ2n) is 6.78. The molecule has 0 unspecified atom stereocenters. The summed E-state index contributed by atoms with van der Waals surface area (Å²) in [5.74, 6) is 0. The molecule has 0 fully saturated rings. The van der Waals surface area contributed by atoms with Crippen molar-refractivity contribution in [3.8, 4) is 11.1 Å². The number of fused-ring (bicyclic) bond motifs is 6. The molecular formula is C20H17NSi. The lowest BCUT2D eigenvalue weighted by Crippen LogP contribution is -2.49. The summed E-state index contributed by atoms with van der Waals surface area (Å²) in [5, 5.41) is 5.80. The van der Waals surface area contributed by atoms with Gasteiger partial charge in [0.15, 0.2) is 0 Å². The molecule has 0 saturated carbocycles. The molecule has 106 valence electrons. The van der Waals surface area contributed by atoms with E-state index in [1.165, 1.54) is 32.9 Å². The van der Waals surface area contributed by atoms with Crippen LogP contribution in [0.2, 0.25) is 13.1 Å². The van der Waals surface area contributed by atoms with Crippen molar-refractivity contribution < 1.29 is 0 Å². The van der Waals surface area contributed by atoms with Crippen LogP contribution >= 0.6 is 0 Å². The molecule has 0 amide bonds. The maximum atomic E-state index is 3.59. The second-order valence-corrected chi connectivity index (χ2v) is 11.1. The molecular weight excluding hydrogens is 282 g/mol. The van der Waals surface area contributed by atoms with Gasteiger partial charge in [-0.05, 0) is 39.7 Å². The molecule has 2 heteroatoms. The summed E-state index contributed by atoms with van der Waals surface area (Å²) in [7, 11) is -1.57. The molecule has 0 spiro atoms. The van der Waals surface area contributed by atoms with Crippen molar-refractivity contribution in [2.45, 2.75) is 13.1 Å². The number of hydrogen-bond donors (Lipinski definition) is 1. The monoisotopic (exact) mass is 299 g/mol. The zero-order chi connectivity index (χ0) is 14.9. The topological polar surface area (TPSA) is 15.8 Å². The van der Waals surface area contributed by atoms with Gasteiger partial charge in [0.05, 0.1) is 0 Å². The maximum absolute atomic E-state index is 3.59. The van der Waals surface area contributed by atoms with Crippen molar-refractivity contribution in [2.24, 2.45) is 0 Å². The Morgan fingerprint density at radius 3 is 2.36 bits per heavy atom. The van der Waals surface area contributed by atoms with Crippen LogP contribution in [-0.4, -0.2) is 13.1 Å². The van der Waals surface area contributed by atoms with Crippen molar-refractivity contribution in [1.29, 1.82) is 0 Å². The largest absolute Gasteiger partial charge is 0.355 e. The van der Waals surface area contributed by atoms with E-state index in [4.69, 9.17) is 0 Å². The minimum absolute atomic E-state index is 1.23. The Labute approximate surface area is 130 Å². The van der Waals surface area contributed by atoms with Gasteiger partial charge in [-0.3, -0.25) is 0 Å². The van der Waals surface area contributed by atoms with Crippen molar-refractivity contribution >= 4 is 40.3 Å². The number of benzene rings is 3. The highest BCUT2D eigenvalue weighted by Crippen LogP contribution is 2.33. The average molecular weight is 299 g/mol. The third kappa shape index (κ3) is 1.38. The summed E-state index contributed by atoms with van der Waals surface area (Å²) < 4.78 is 0. The lowest BCUT2D eigenvalue weighted by Gasteiger charge is -2.18. The molecule has 0 radical (unpaired) electrons. The summed E-state index contributed by atoms with van der Waals surface area (Å²) in [6.07, 6.45) is 0. The molecule has 2 heterocycles. The second kappa shape index (κ2) is 3.90. The zero-order valence-corrected chi connectivity index (χ0v) is 13.8. The van der Waals surface area contributed by atoms with E-state index in [9.17, 15) is 0 Å². The van der Waals surface area contributed by atoms with Gasteiger partial charge >= 0.3 is 0 Å². The Hall–Kier alpha value is -2.32. The molecule has 0 bridgehead atoms. The molecule has 4 aromatic rings. The van der Waals surface area contributed by atoms with E-state index in [2.05, 4.69) is 78.7 Å². The van der Waals surface area contributed by atoms with Gasteiger partial charge in [0, 0.05) is 21.8 Å². The van der Waals surface area contributed by atoms with Crippen molar-refractivity contribution in [3.63, 3.8) is 0 Å². The van der Waals surface area contributed by atoms with Crippen LogP contribution in [0.15, 0.2) is 60.7 Å². The van der Waals surface area contributed by atoms with E-state index in [0.29, 0.717) is 0 Å². The lowest BCUT2D eigenvalue weighted by molar-refractivity contribution is 1.55. The normalized spacial score (nSPS) is 15.2. The van der Waals surface area contributed by atoms with Gasteiger partial charge in [-0.15, -0.1) is 0 Å². The van der Waals surface area contributed by atoms with Crippen LogP contribution in [-0.2, 0) is 0 Å². The van der Waals surface area contributed by atoms with Gasteiger partial charge in [-0.25, -0.2) is 0 Å². The van der Waals surface area contributed by atoms with Crippen LogP contribution in [0, 0.1) is 0 Å². The molecule has 1 aliphatic heterocycles. The molecule has 1 aromatic heterocycles. The molecule has 1 aliphatic rings. The first-order chi connectivity index (χ1) is 10.7. The minimum atomic E-state index is -1.57. The standard InChI is InChI=1S/C20H17NSi/c1-22(2)19-10-6-4-8-14(19)16-11-15-13-7-3-5-9-17(13)21-18(15)12-20(16)22/h3-12,21H,1-2H3. The lowest BCUT2D eigenvalue weighted by atomic mass is 10.0. The van der Waals surface area contributed by atoms with Gasteiger partial charge in [0.2, 0.25) is 0 Å². The van der Waals surface area contributed by atoms with E-state index in [-0.39, 0.29) is 0 Å². The highest BCUT2D eigenvalue weighted by atomic mass is 28.3. The molecule has 0 aliphatic carbocycles. The highest BCUT2D eigenvalue weighted by Gasteiger charge is 2.37. The smallest absolute Gasteiger partial charge is 0.113 e. The van der Waals surface area contributed by atoms with Crippen molar-refractivity contribution in [1.82, 2.24) is 4.98 Å².